The summed E-state index contributed by atoms with van der Waals surface area (Å²) in [5.74, 6) is -0.235. The molecule has 41 heavy (non-hydrogen) atoms. The zero-order chi connectivity index (χ0) is 30.3. The Labute approximate surface area is 247 Å². The van der Waals surface area contributed by atoms with Crippen molar-refractivity contribution in [1.29, 1.82) is 0 Å². The molecule has 3 rings (SSSR count). The summed E-state index contributed by atoms with van der Waals surface area (Å²) in [7, 11) is -1.30. The summed E-state index contributed by atoms with van der Waals surface area (Å²) in [4.78, 5) is 28.4. The topological polar surface area (TPSA) is 105 Å². The minimum atomic E-state index is -4.22. The first-order valence-electron chi connectivity index (χ1n) is 13.0. The molecular weight excluding hydrogens is 566 g/mol. The van der Waals surface area contributed by atoms with E-state index in [-0.39, 0.29) is 29.1 Å². The summed E-state index contributed by atoms with van der Waals surface area (Å²) in [5, 5.41) is 3.36. The van der Waals surface area contributed by atoms with Gasteiger partial charge < -0.3 is 19.7 Å². The van der Waals surface area contributed by atoms with Crippen molar-refractivity contribution in [2.24, 2.45) is 0 Å². The molecule has 0 radical (unpaired) electrons. The number of benzene rings is 3. The highest BCUT2D eigenvalue weighted by Crippen LogP contribution is 2.34. The van der Waals surface area contributed by atoms with Gasteiger partial charge in [0.2, 0.25) is 11.8 Å². The molecule has 3 aromatic carbocycles. The van der Waals surface area contributed by atoms with E-state index in [0.717, 1.165) is 15.4 Å². The third-order valence-electron chi connectivity index (χ3n) is 6.41. The van der Waals surface area contributed by atoms with Gasteiger partial charge in [-0.05, 0) is 69.7 Å². The second-order valence-electron chi connectivity index (χ2n) is 9.85. The Bertz CT molecular complexity index is 1460. The average molecular weight is 602 g/mol. The van der Waals surface area contributed by atoms with E-state index in [2.05, 4.69) is 5.32 Å². The molecular formula is C30H36ClN3O6S. The minimum Gasteiger partial charge on any atom is -0.493 e. The first-order chi connectivity index (χ1) is 19.4. The van der Waals surface area contributed by atoms with Gasteiger partial charge in [-0.25, -0.2) is 8.42 Å². The van der Waals surface area contributed by atoms with Crippen LogP contribution in [0.3, 0.4) is 0 Å². The highest BCUT2D eigenvalue weighted by molar-refractivity contribution is 7.92. The van der Waals surface area contributed by atoms with E-state index in [1.807, 2.05) is 20.8 Å². The van der Waals surface area contributed by atoms with Crippen molar-refractivity contribution < 1.29 is 27.5 Å². The summed E-state index contributed by atoms with van der Waals surface area (Å²) in [6.45, 7) is 6.60. The number of sulfonamides is 1. The SMILES string of the molecule is COc1ccc(N(CC(=O)N(Cc2ccc(Cl)cc2)C(C)C(=O)NC(C)C)S(=O)(=O)c2ccc(C)cc2)cc1OC. The fourth-order valence-corrected chi connectivity index (χ4v) is 5.65. The predicted octanol–water partition coefficient (Wildman–Crippen LogP) is 4.80. The third-order valence-corrected chi connectivity index (χ3v) is 8.45. The van der Waals surface area contributed by atoms with Gasteiger partial charge in [0.15, 0.2) is 11.5 Å². The third kappa shape index (κ3) is 7.92. The molecule has 1 unspecified atom stereocenters. The molecule has 0 spiro atoms. The van der Waals surface area contributed by atoms with Crippen molar-refractivity contribution in [1.82, 2.24) is 10.2 Å². The van der Waals surface area contributed by atoms with Crippen molar-refractivity contribution >= 4 is 39.1 Å². The van der Waals surface area contributed by atoms with E-state index < -0.39 is 28.5 Å². The molecule has 0 aromatic heterocycles. The average Bonchev–Trinajstić information content (AvgIpc) is 2.94. The molecule has 0 aliphatic rings. The van der Waals surface area contributed by atoms with Gasteiger partial charge in [0.05, 0.1) is 24.8 Å². The van der Waals surface area contributed by atoms with Crippen molar-refractivity contribution in [3.05, 3.63) is 82.9 Å². The number of anilines is 1. The number of amides is 2. The van der Waals surface area contributed by atoms with Crippen LogP contribution in [0.4, 0.5) is 5.69 Å². The number of carbonyl (C=O) groups excluding carboxylic acids is 2. The largest absolute Gasteiger partial charge is 0.493 e. The quantitative estimate of drug-likeness (QED) is 0.320. The van der Waals surface area contributed by atoms with Gasteiger partial charge in [0.25, 0.3) is 10.0 Å². The van der Waals surface area contributed by atoms with Crippen LogP contribution in [0, 0.1) is 6.92 Å². The summed E-state index contributed by atoms with van der Waals surface area (Å²) in [6.07, 6.45) is 0. The molecule has 0 fully saturated rings. The molecule has 220 valence electrons. The Hall–Kier alpha value is -3.76. The van der Waals surface area contributed by atoms with E-state index in [1.54, 1.807) is 55.5 Å². The monoisotopic (exact) mass is 601 g/mol. The Balaban J connectivity index is 2.08. The fraction of sp³-hybridized carbons (Fsp3) is 0.333. The highest BCUT2D eigenvalue weighted by atomic mass is 35.5. The van der Waals surface area contributed by atoms with Gasteiger partial charge in [0.1, 0.15) is 12.6 Å². The maximum atomic E-state index is 14.0. The molecule has 0 saturated heterocycles. The van der Waals surface area contributed by atoms with Gasteiger partial charge in [-0.2, -0.15) is 0 Å². The summed E-state index contributed by atoms with van der Waals surface area (Å²) < 4.78 is 39.7. The van der Waals surface area contributed by atoms with Crippen LogP contribution in [0.25, 0.3) is 0 Å². The summed E-state index contributed by atoms with van der Waals surface area (Å²) in [6, 6.07) is 16.8. The number of aryl methyl sites for hydroxylation is 1. The molecule has 0 bridgehead atoms. The van der Waals surface area contributed by atoms with Crippen molar-refractivity contribution in [3.8, 4) is 11.5 Å². The molecule has 0 heterocycles. The van der Waals surface area contributed by atoms with Crippen LogP contribution in [-0.4, -0.2) is 58.0 Å². The van der Waals surface area contributed by atoms with E-state index >= 15 is 0 Å². The lowest BCUT2D eigenvalue weighted by atomic mass is 10.1. The van der Waals surface area contributed by atoms with Crippen LogP contribution >= 0.6 is 11.6 Å². The summed E-state index contributed by atoms with van der Waals surface area (Å²) >= 11 is 6.04. The van der Waals surface area contributed by atoms with Crippen molar-refractivity contribution in [3.63, 3.8) is 0 Å². The normalized spacial score (nSPS) is 12.0. The van der Waals surface area contributed by atoms with E-state index in [0.29, 0.717) is 16.5 Å². The van der Waals surface area contributed by atoms with Gasteiger partial charge in [-0.1, -0.05) is 41.4 Å². The van der Waals surface area contributed by atoms with Crippen LogP contribution in [0.5, 0.6) is 11.5 Å². The standard InChI is InChI=1S/C30H36ClN3O6S/c1-20(2)32-30(36)22(4)33(18-23-9-11-24(31)12-10-23)29(35)19-34(25-13-16-27(39-5)28(17-25)40-6)41(37,38)26-14-7-21(3)8-15-26/h7-17,20,22H,18-19H2,1-6H3,(H,32,36). The maximum absolute atomic E-state index is 14.0. The number of ether oxygens (including phenoxy) is 2. The van der Waals surface area contributed by atoms with Gasteiger partial charge in [0, 0.05) is 23.7 Å². The zero-order valence-electron chi connectivity index (χ0n) is 24.0. The number of hydrogen-bond donors (Lipinski definition) is 1. The lowest BCUT2D eigenvalue weighted by Crippen LogP contribution is -2.52. The lowest BCUT2D eigenvalue weighted by molar-refractivity contribution is -0.139. The molecule has 3 aromatic rings. The van der Waals surface area contributed by atoms with Crippen LogP contribution in [0.2, 0.25) is 5.02 Å². The number of nitrogens with one attached hydrogen (secondary N) is 1. The fourth-order valence-electron chi connectivity index (χ4n) is 4.12. The molecule has 1 N–H and O–H groups in total. The van der Waals surface area contributed by atoms with Crippen LogP contribution in [-0.2, 0) is 26.2 Å². The Morgan fingerprint density at radius 3 is 2.07 bits per heavy atom. The smallest absolute Gasteiger partial charge is 0.264 e. The van der Waals surface area contributed by atoms with Crippen molar-refractivity contribution in [2.45, 2.75) is 51.2 Å². The van der Waals surface area contributed by atoms with E-state index in [1.165, 1.54) is 37.3 Å². The number of methoxy groups -OCH3 is 2. The Kier molecular flexibility index (Phi) is 10.6. The zero-order valence-corrected chi connectivity index (χ0v) is 25.6. The van der Waals surface area contributed by atoms with Crippen LogP contribution < -0.4 is 19.1 Å². The second kappa shape index (κ2) is 13.7. The molecule has 2 amide bonds. The summed E-state index contributed by atoms with van der Waals surface area (Å²) in [5.41, 5.74) is 1.81. The molecule has 0 aliphatic heterocycles. The second-order valence-corrected chi connectivity index (χ2v) is 12.2. The molecule has 1 atom stereocenters. The highest BCUT2D eigenvalue weighted by Gasteiger charge is 2.33. The molecule has 0 saturated carbocycles. The minimum absolute atomic E-state index is 0.0144. The van der Waals surface area contributed by atoms with E-state index in [9.17, 15) is 18.0 Å². The molecule has 11 heteroatoms. The number of hydrogen-bond acceptors (Lipinski definition) is 6. The Morgan fingerprint density at radius 2 is 1.51 bits per heavy atom. The lowest BCUT2D eigenvalue weighted by Gasteiger charge is -2.32. The van der Waals surface area contributed by atoms with Gasteiger partial charge in [-0.3, -0.25) is 13.9 Å². The number of nitrogens with zero attached hydrogens (tertiary/aromatic N) is 2. The number of carbonyl (C=O) groups is 2. The first kappa shape index (κ1) is 31.8. The molecule has 0 aliphatic carbocycles. The van der Waals surface area contributed by atoms with Crippen molar-refractivity contribution in [2.75, 3.05) is 25.1 Å². The maximum Gasteiger partial charge on any atom is 0.264 e. The van der Waals surface area contributed by atoms with Crippen LogP contribution in [0.1, 0.15) is 31.9 Å². The van der Waals surface area contributed by atoms with Gasteiger partial charge in [-0.15, -0.1) is 0 Å². The van der Waals surface area contributed by atoms with Crippen LogP contribution in [0.15, 0.2) is 71.6 Å². The number of halogens is 1. The number of rotatable bonds is 12. The van der Waals surface area contributed by atoms with E-state index in [4.69, 9.17) is 21.1 Å². The predicted molar refractivity (Wildman–Crippen MR) is 160 cm³/mol. The first-order valence-corrected chi connectivity index (χ1v) is 14.8. The Morgan fingerprint density at radius 1 is 0.902 bits per heavy atom. The molecule has 9 nitrogen and oxygen atoms in total. The van der Waals surface area contributed by atoms with Gasteiger partial charge >= 0.3 is 0 Å².